The van der Waals surface area contributed by atoms with Crippen LogP contribution < -0.4 is 10.7 Å². The quantitative estimate of drug-likeness (QED) is 0.460. The predicted molar refractivity (Wildman–Crippen MR) is 93.2 cm³/mol. The van der Waals surface area contributed by atoms with Crippen LogP contribution in [-0.4, -0.2) is 28.9 Å². The Morgan fingerprint density at radius 3 is 2.74 bits per heavy atom. The molecule has 120 valence electrons. The Balaban J connectivity index is 1.86. The van der Waals surface area contributed by atoms with Crippen molar-refractivity contribution in [3.63, 3.8) is 0 Å². The Kier molecular flexibility index (Phi) is 5.84. The smallest absolute Gasteiger partial charge is 0.259 e. The van der Waals surface area contributed by atoms with Gasteiger partial charge in [-0.1, -0.05) is 11.6 Å². The molecule has 0 aliphatic heterocycles. The lowest BCUT2D eigenvalue weighted by Gasteiger charge is -2.07. The number of nitrogens with one attached hydrogen (secondary N) is 2. The minimum atomic E-state index is -0.360. The summed E-state index contributed by atoms with van der Waals surface area (Å²) in [5.74, 6) is -0.547. The van der Waals surface area contributed by atoms with E-state index in [-0.39, 0.29) is 24.0 Å². The number of phenols is 2. The predicted octanol–water partition coefficient (Wildman–Crippen LogP) is 3.08. The van der Waals surface area contributed by atoms with Crippen LogP contribution in [0.1, 0.15) is 5.56 Å². The van der Waals surface area contributed by atoms with E-state index in [1.165, 1.54) is 24.4 Å². The van der Waals surface area contributed by atoms with Crippen LogP contribution in [0.4, 0.5) is 5.69 Å². The number of carbonyl (C=O) groups is 1. The van der Waals surface area contributed by atoms with Gasteiger partial charge in [-0.3, -0.25) is 4.79 Å². The van der Waals surface area contributed by atoms with Crippen LogP contribution in [0.3, 0.4) is 0 Å². The third kappa shape index (κ3) is 5.15. The van der Waals surface area contributed by atoms with E-state index in [2.05, 4.69) is 31.8 Å². The normalized spacial score (nSPS) is 10.7. The van der Waals surface area contributed by atoms with Gasteiger partial charge in [0.15, 0.2) is 0 Å². The molecule has 0 aromatic heterocycles. The van der Waals surface area contributed by atoms with Gasteiger partial charge < -0.3 is 15.5 Å². The third-order valence-electron chi connectivity index (χ3n) is 2.78. The molecule has 8 heteroatoms. The highest BCUT2D eigenvalue weighted by Crippen LogP contribution is 2.25. The topological polar surface area (TPSA) is 94.0 Å². The summed E-state index contributed by atoms with van der Waals surface area (Å²) in [5, 5.41) is 26.0. The van der Waals surface area contributed by atoms with E-state index in [0.717, 1.165) is 10.2 Å². The molecule has 2 aromatic rings. The maximum Gasteiger partial charge on any atom is 0.259 e. The minimum Gasteiger partial charge on any atom is -0.508 e. The first-order valence-electron chi connectivity index (χ1n) is 6.48. The summed E-state index contributed by atoms with van der Waals surface area (Å²) in [6.07, 6.45) is 1.28. The second-order valence-corrected chi connectivity index (χ2v) is 5.80. The van der Waals surface area contributed by atoms with Crippen molar-refractivity contribution in [3.8, 4) is 11.5 Å². The zero-order valence-corrected chi connectivity index (χ0v) is 14.1. The lowest BCUT2D eigenvalue weighted by molar-refractivity contribution is -0.119. The molecule has 0 aliphatic rings. The van der Waals surface area contributed by atoms with E-state index in [9.17, 15) is 15.0 Å². The number of phenolic OH excluding ortho intramolecular Hbond substituents is 2. The molecule has 0 radical (unpaired) electrons. The Bertz CT molecular complexity index is 753. The van der Waals surface area contributed by atoms with Crippen LogP contribution in [-0.2, 0) is 4.79 Å². The molecule has 2 aromatic carbocycles. The van der Waals surface area contributed by atoms with Gasteiger partial charge in [0.2, 0.25) is 0 Å². The lowest BCUT2D eigenvalue weighted by atomic mass is 10.2. The Morgan fingerprint density at radius 1 is 1.26 bits per heavy atom. The van der Waals surface area contributed by atoms with Crippen molar-refractivity contribution in [2.45, 2.75) is 0 Å². The van der Waals surface area contributed by atoms with Crippen LogP contribution in [0.25, 0.3) is 0 Å². The number of nitrogens with zero attached hydrogens (tertiary/aromatic N) is 1. The molecule has 0 saturated heterocycles. The summed E-state index contributed by atoms with van der Waals surface area (Å²) in [4.78, 5) is 11.7. The Morgan fingerprint density at radius 2 is 2.04 bits per heavy atom. The molecule has 4 N–H and O–H groups in total. The standard InChI is InChI=1S/C15H13BrClN3O3/c16-12-5-10(17)2-4-13(12)18-8-15(23)20-19-7-9-1-3-11(21)6-14(9)22/h1-7,18,21-22H,8H2,(H,20,23). The van der Waals surface area contributed by atoms with Crippen LogP contribution in [0.5, 0.6) is 11.5 Å². The first-order chi connectivity index (χ1) is 11.0. The average molecular weight is 399 g/mol. The number of hydrazone groups is 1. The highest BCUT2D eigenvalue weighted by Gasteiger charge is 2.04. The maximum absolute atomic E-state index is 11.7. The number of rotatable bonds is 5. The van der Waals surface area contributed by atoms with Crippen molar-refractivity contribution < 1.29 is 15.0 Å². The molecular formula is C15H13BrClN3O3. The molecule has 0 aliphatic carbocycles. The van der Waals surface area contributed by atoms with Crippen molar-refractivity contribution in [2.75, 3.05) is 11.9 Å². The van der Waals surface area contributed by atoms with Crippen LogP contribution in [0.2, 0.25) is 5.02 Å². The van der Waals surface area contributed by atoms with Gasteiger partial charge in [0.1, 0.15) is 11.5 Å². The van der Waals surface area contributed by atoms with Gasteiger partial charge in [-0.2, -0.15) is 5.10 Å². The molecule has 1 amide bonds. The van der Waals surface area contributed by atoms with Gasteiger partial charge in [-0.05, 0) is 46.3 Å². The van der Waals surface area contributed by atoms with Crippen LogP contribution in [0.15, 0.2) is 46.0 Å². The van der Waals surface area contributed by atoms with Crippen molar-refractivity contribution in [1.82, 2.24) is 5.43 Å². The first kappa shape index (κ1) is 17.1. The van der Waals surface area contributed by atoms with Crippen molar-refractivity contribution in [3.05, 3.63) is 51.5 Å². The summed E-state index contributed by atoms with van der Waals surface area (Å²) in [7, 11) is 0. The monoisotopic (exact) mass is 397 g/mol. The van der Waals surface area contributed by atoms with Gasteiger partial charge in [-0.25, -0.2) is 5.43 Å². The van der Waals surface area contributed by atoms with Gasteiger partial charge in [-0.15, -0.1) is 0 Å². The number of anilines is 1. The number of carbonyl (C=O) groups excluding carboxylic acids is 1. The second-order valence-electron chi connectivity index (χ2n) is 4.51. The zero-order chi connectivity index (χ0) is 16.8. The lowest BCUT2D eigenvalue weighted by Crippen LogP contribution is -2.26. The van der Waals surface area contributed by atoms with Crippen molar-refractivity contribution in [2.24, 2.45) is 5.10 Å². The zero-order valence-electron chi connectivity index (χ0n) is 11.8. The molecule has 0 saturated carbocycles. The van der Waals surface area contributed by atoms with Crippen LogP contribution >= 0.6 is 27.5 Å². The van der Waals surface area contributed by atoms with Gasteiger partial charge >= 0.3 is 0 Å². The van der Waals surface area contributed by atoms with Crippen LogP contribution in [0, 0.1) is 0 Å². The second kappa shape index (κ2) is 7.85. The summed E-state index contributed by atoms with van der Waals surface area (Å²) in [6.45, 7) is 0.0130. The molecule has 0 heterocycles. The average Bonchev–Trinajstić information content (AvgIpc) is 2.48. The first-order valence-corrected chi connectivity index (χ1v) is 7.65. The van der Waals surface area contributed by atoms with E-state index in [1.807, 2.05) is 0 Å². The molecule has 23 heavy (non-hydrogen) atoms. The number of aromatic hydroxyl groups is 2. The maximum atomic E-state index is 11.7. The number of benzene rings is 2. The molecule has 0 spiro atoms. The fraction of sp³-hybridized carbons (Fsp3) is 0.0667. The van der Waals surface area contributed by atoms with E-state index in [1.54, 1.807) is 18.2 Å². The van der Waals surface area contributed by atoms with E-state index in [4.69, 9.17) is 11.6 Å². The number of amides is 1. The summed E-state index contributed by atoms with van der Waals surface area (Å²) in [6, 6.07) is 9.23. The third-order valence-corrected chi connectivity index (χ3v) is 3.67. The number of halogens is 2. The molecule has 2 rings (SSSR count). The molecule has 0 atom stereocenters. The number of hydrogen-bond acceptors (Lipinski definition) is 5. The molecule has 0 fully saturated rings. The summed E-state index contributed by atoms with van der Waals surface area (Å²) < 4.78 is 0.746. The van der Waals surface area contributed by atoms with Gasteiger partial charge in [0.25, 0.3) is 5.91 Å². The van der Waals surface area contributed by atoms with E-state index in [0.29, 0.717) is 10.6 Å². The van der Waals surface area contributed by atoms with Crippen molar-refractivity contribution >= 4 is 45.3 Å². The van der Waals surface area contributed by atoms with E-state index >= 15 is 0 Å². The van der Waals surface area contributed by atoms with Gasteiger partial charge in [0, 0.05) is 26.8 Å². The fourth-order valence-corrected chi connectivity index (χ4v) is 2.49. The molecular weight excluding hydrogens is 386 g/mol. The highest BCUT2D eigenvalue weighted by atomic mass is 79.9. The molecule has 6 nitrogen and oxygen atoms in total. The molecule has 0 unspecified atom stereocenters. The summed E-state index contributed by atoms with van der Waals surface area (Å²) in [5.41, 5.74) is 3.43. The van der Waals surface area contributed by atoms with Crippen molar-refractivity contribution in [1.29, 1.82) is 0 Å². The van der Waals surface area contributed by atoms with E-state index < -0.39 is 0 Å². The Labute approximate surface area is 145 Å². The number of hydrogen-bond donors (Lipinski definition) is 4. The highest BCUT2D eigenvalue weighted by molar-refractivity contribution is 9.10. The fourth-order valence-electron chi connectivity index (χ4n) is 1.66. The largest absolute Gasteiger partial charge is 0.508 e. The summed E-state index contributed by atoms with van der Waals surface area (Å²) >= 11 is 9.17. The van der Waals surface area contributed by atoms with Gasteiger partial charge in [0.05, 0.1) is 12.8 Å². The Hall–Kier alpha value is -2.25. The molecule has 0 bridgehead atoms. The minimum absolute atomic E-state index is 0.0130. The SMILES string of the molecule is O=C(CNc1ccc(Cl)cc1Br)NN=Cc1ccc(O)cc1O.